The summed E-state index contributed by atoms with van der Waals surface area (Å²) in [4.78, 5) is 12.7. The number of nitrogens with two attached hydrogens (primary N) is 1. The van der Waals surface area contributed by atoms with Gasteiger partial charge in [-0.15, -0.1) is 0 Å². The lowest BCUT2D eigenvalue weighted by Crippen LogP contribution is -2.59. The van der Waals surface area contributed by atoms with Gasteiger partial charge < -0.3 is 15.6 Å². The summed E-state index contributed by atoms with van der Waals surface area (Å²) in [5.41, 5.74) is 5.80. The Labute approximate surface area is 151 Å². The Bertz CT molecular complexity index is 537. The highest BCUT2D eigenvalue weighted by Gasteiger charge is 2.63. The van der Waals surface area contributed by atoms with E-state index in [4.69, 9.17) is 10.5 Å². The lowest BCUT2D eigenvalue weighted by molar-refractivity contribution is -0.188. The van der Waals surface area contributed by atoms with Crippen LogP contribution in [0.25, 0.3) is 0 Å². The number of hydrogen-bond acceptors (Lipinski definition) is 4. The highest BCUT2D eigenvalue weighted by atomic mass is 16.5. The SMILES string of the molecule is C[C@]12CCC(O)CC1CC[C@@H]1[C@H]2C(OCCN)C[C@]2(C)C(=O)CC[C@@H]12. The molecule has 4 saturated carbocycles. The average Bonchev–Trinajstić information content (AvgIpc) is 2.88. The van der Waals surface area contributed by atoms with Gasteiger partial charge in [-0.25, -0.2) is 0 Å². The molecule has 4 nitrogen and oxygen atoms in total. The van der Waals surface area contributed by atoms with Crippen molar-refractivity contribution >= 4 is 5.78 Å². The smallest absolute Gasteiger partial charge is 0.139 e. The summed E-state index contributed by atoms with van der Waals surface area (Å²) in [5, 5.41) is 10.2. The number of carbonyl (C=O) groups excluding carboxylic acids is 1. The largest absolute Gasteiger partial charge is 0.393 e. The van der Waals surface area contributed by atoms with Gasteiger partial charge in [-0.2, -0.15) is 0 Å². The van der Waals surface area contributed by atoms with Gasteiger partial charge in [-0.3, -0.25) is 4.79 Å². The first-order chi connectivity index (χ1) is 11.9. The number of aliphatic hydroxyl groups excluding tert-OH is 1. The van der Waals surface area contributed by atoms with Gasteiger partial charge in [-0.1, -0.05) is 13.8 Å². The van der Waals surface area contributed by atoms with Crippen LogP contribution in [-0.2, 0) is 9.53 Å². The molecule has 25 heavy (non-hydrogen) atoms. The molecule has 0 amide bonds. The molecule has 8 atom stereocenters. The highest BCUT2D eigenvalue weighted by Crippen LogP contribution is 2.65. The Hall–Kier alpha value is -0.450. The number of hydrogen-bond donors (Lipinski definition) is 2. The number of fused-ring (bicyclic) bond motifs is 5. The van der Waals surface area contributed by atoms with Gasteiger partial charge in [0.1, 0.15) is 5.78 Å². The van der Waals surface area contributed by atoms with Crippen LogP contribution in [0.5, 0.6) is 0 Å². The van der Waals surface area contributed by atoms with Crippen molar-refractivity contribution in [3.8, 4) is 0 Å². The molecular weight excluding hydrogens is 314 g/mol. The molecule has 0 heterocycles. The maximum absolute atomic E-state index is 12.7. The Morgan fingerprint density at radius 1 is 1.24 bits per heavy atom. The summed E-state index contributed by atoms with van der Waals surface area (Å²) >= 11 is 0. The van der Waals surface area contributed by atoms with Gasteiger partial charge in [0.05, 0.1) is 18.8 Å². The molecule has 0 saturated heterocycles. The zero-order chi connectivity index (χ0) is 17.8. The molecule has 4 aliphatic rings. The third-order valence-corrected chi connectivity index (χ3v) is 8.71. The monoisotopic (exact) mass is 349 g/mol. The molecule has 4 fully saturated rings. The standard InChI is InChI=1S/C21H35NO3/c1-20-8-7-14(23)11-13(20)3-4-15-16-5-6-18(24)21(16,2)12-17(19(15)20)25-10-9-22/h13-17,19,23H,3-12,22H2,1-2H3/t13?,14?,15-,16-,17?,19-,20-,21-/m0/s1. The Balaban J connectivity index is 1.69. The zero-order valence-electron chi connectivity index (χ0n) is 15.9. The zero-order valence-corrected chi connectivity index (χ0v) is 15.9. The predicted molar refractivity (Wildman–Crippen MR) is 96.9 cm³/mol. The van der Waals surface area contributed by atoms with E-state index in [-0.39, 0.29) is 23.0 Å². The van der Waals surface area contributed by atoms with Crippen LogP contribution in [0.15, 0.2) is 0 Å². The van der Waals surface area contributed by atoms with Crippen LogP contribution in [0.3, 0.4) is 0 Å². The van der Waals surface area contributed by atoms with E-state index in [0.29, 0.717) is 42.6 Å². The van der Waals surface area contributed by atoms with Crippen molar-refractivity contribution in [1.82, 2.24) is 0 Å². The number of ether oxygens (including phenoxy) is 1. The van der Waals surface area contributed by atoms with Gasteiger partial charge in [0.15, 0.2) is 0 Å². The molecule has 3 N–H and O–H groups in total. The van der Waals surface area contributed by atoms with E-state index >= 15 is 0 Å². The second-order valence-electron chi connectivity index (χ2n) is 9.79. The van der Waals surface area contributed by atoms with E-state index in [0.717, 1.165) is 38.5 Å². The maximum Gasteiger partial charge on any atom is 0.139 e. The maximum atomic E-state index is 12.7. The topological polar surface area (TPSA) is 72.6 Å². The van der Waals surface area contributed by atoms with Crippen molar-refractivity contribution in [3.05, 3.63) is 0 Å². The summed E-state index contributed by atoms with van der Waals surface area (Å²) < 4.78 is 6.32. The second-order valence-corrected chi connectivity index (χ2v) is 9.79. The van der Waals surface area contributed by atoms with E-state index in [1.54, 1.807) is 0 Å². The summed E-state index contributed by atoms with van der Waals surface area (Å²) in [7, 11) is 0. The second kappa shape index (κ2) is 6.31. The van der Waals surface area contributed by atoms with E-state index in [1.165, 1.54) is 12.8 Å². The summed E-state index contributed by atoms with van der Waals surface area (Å²) in [6.07, 6.45) is 8.11. The molecule has 0 aromatic heterocycles. The molecule has 3 unspecified atom stereocenters. The Morgan fingerprint density at radius 3 is 2.80 bits per heavy atom. The highest BCUT2D eigenvalue weighted by molar-refractivity contribution is 5.87. The van der Waals surface area contributed by atoms with Crippen LogP contribution in [0.1, 0.15) is 65.2 Å². The number of carbonyl (C=O) groups is 1. The minimum Gasteiger partial charge on any atom is -0.393 e. The van der Waals surface area contributed by atoms with Crippen molar-refractivity contribution in [3.63, 3.8) is 0 Å². The summed E-state index contributed by atoms with van der Waals surface area (Å²) in [6.45, 7) is 5.80. The fourth-order valence-electron chi connectivity index (χ4n) is 7.47. The van der Waals surface area contributed by atoms with Gasteiger partial charge in [0.2, 0.25) is 0 Å². The van der Waals surface area contributed by atoms with Crippen molar-refractivity contribution in [2.45, 2.75) is 77.4 Å². The molecule has 0 spiro atoms. The lowest BCUT2D eigenvalue weighted by atomic mass is 9.44. The van der Waals surface area contributed by atoms with Gasteiger partial charge in [-0.05, 0) is 74.0 Å². The van der Waals surface area contributed by atoms with Gasteiger partial charge in [0.25, 0.3) is 0 Å². The molecule has 0 aromatic rings. The van der Waals surface area contributed by atoms with Gasteiger partial charge >= 0.3 is 0 Å². The molecule has 4 aliphatic carbocycles. The normalized spacial score (nSPS) is 52.4. The van der Waals surface area contributed by atoms with Crippen LogP contribution in [0.4, 0.5) is 0 Å². The number of ketones is 1. The Morgan fingerprint density at radius 2 is 2.04 bits per heavy atom. The third kappa shape index (κ3) is 2.62. The van der Waals surface area contributed by atoms with Crippen LogP contribution >= 0.6 is 0 Å². The molecule has 0 bridgehead atoms. The van der Waals surface area contributed by atoms with Crippen molar-refractivity contribution in [2.75, 3.05) is 13.2 Å². The minimum absolute atomic E-state index is 0.125. The first kappa shape index (κ1) is 17.9. The number of rotatable bonds is 3. The first-order valence-electron chi connectivity index (χ1n) is 10.4. The quantitative estimate of drug-likeness (QED) is 0.822. The van der Waals surface area contributed by atoms with Gasteiger partial charge in [0, 0.05) is 18.4 Å². The number of aliphatic hydroxyl groups is 1. The summed E-state index contributed by atoms with van der Waals surface area (Å²) in [5.74, 6) is 2.72. The molecule has 4 heteroatoms. The fourth-order valence-corrected chi connectivity index (χ4v) is 7.47. The van der Waals surface area contributed by atoms with Crippen molar-refractivity contribution in [1.29, 1.82) is 0 Å². The number of Topliss-reactive ketones (excluding diaryl/α,β-unsaturated/α-hetero) is 1. The summed E-state index contributed by atoms with van der Waals surface area (Å²) in [6, 6.07) is 0. The first-order valence-corrected chi connectivity index (χ1v) is 10.4. The molecule has 142 valence electrons. The van der Waals surface area contributed by atoms with Crippen LogP contribution in [0, 0.1) is 34.5 Å². The average molecular weight is 350 g/mol. The van der Waals surface area contributed by atoms with Crippen LogP contribution in [-0.4, -0.2) is 36.2 Å². The molecular formula is C21H35NO3. The van der Waals surface area contributed by atoms with Crippen LogP contribution < -0.4 is 5.73 Å². The minimum atomic E-state index is -0.183. The molecule has 0 aliphatic heterocycles. The molecule has 4 rings (SSSR count). The molecule has 0 radical (unpaired) electrons. The van der Waals surface area contributed by atoms with Crippen molar-refractivity contribution in [2.24, 2.45) is 40.2 Å². The molecule has 0 aromatic carbocycles. The fraction of sp³-hybridized carbons (Fsp3) is 0.952. The van der Waals surface area contributed by atoms with E-state index in [2.05, 4.69) is 13.8 Å². The van der Waals surface area contributed by atoms with Crippen molar-refractivity contribution < 1.29 is 14.6 Å². The van der Waals surface area contributed by atoms with E-state index in [9.17, 15) is 9.90 Å². The van der Waals surface area contributed by atoms with Crippen LogP contribution in [0.2, 0.25) is 0 Å². The third-order valence-electron chi connectivity index (χ3n) is 8.71. The Kier molecular flexibility index (Phi) is 4.53. The van der Waals surface area contributed by atoms with E-state index < -0.39 is 0 Å². The lowest BCUT2D eigenvalue weighted by Gasteiger charge is -2.62. The van der Waals surface area contributed by atoms with E-state index in [1.807, 2.05) is 0 Å². The predicted octanol–water partition coefficient (Wildman–Crippen LogP) is 2.91.